The van der Waals surface area contributed by atoms with Gasteiger partial charge < -0.3 is 5.32 Å². The van der Waals surface area contributed by atoms with E-state index in [1.54, 1.807) is 16.4 Å². The molecule has 0 spiro atoms. The van der Waals surface area contributed by atoms with Crippen molar-refractivity contribution in [1.82, 2.24) is 9.62 Å². The van der Waals surface area contributed by atoms with E-state index in [1.165, 1.54) is 18.4 Å². The summed E-state index contributed by atoms with van der Waals surface area (Å²) in [5, 5.41) is 3.56. The van der Waals surface area contributed by atoms with Crippen LogP contribution in [0.5, 0.6) is 0 Å². The van der Waals surface area contributed by atoms with Crippen LogP contribution in [0.25, 0.3) is 0 Å². The molecule has 2 saturated heterocycles. The molecule has 122 valence electrons. The normalized spacial score (nSPS) is 24.7. The van der Waals surface area contributed by atoms with E-state index in [1.807, 2.05) is 12.1 Å². The summed E-state index contributed by atoms with van der Waals surface area (Å²) in [5.74, 6) is 0.636. The summed E-state index contributed by atoms with van der Waals surface area (Å²) in [6.07, 6.45) is 5.39. The Kier molecular flexibility index (Phi) is 4.85. The van der Waals surface area contributed by atoms with Crippen molar-refractivity contribution < 1.29 is 8.42 Å². The average molecular weight is 322 g/mol. The highest BCUT2D eigenvalue weighted by atomic mass is 32.2. The molecular formula is C17H26N2O2S. The number of sulfonamides is 1. The van der Waals surface area contributed by atoms with Gasteiger partial charge in [0.25, 0.3) is 0 Å². The summed E-state index contributed by atoms with van der Waals surface area (Å²) >= 11 is 0. The molecular weight excluding hydrogens is 296 g/mol. The van der Waals surface area contributed by atoms with Gasteiger partial charge in [0, 0.05) is 19.1 Å². The molecule has 0 saturated carbocycles. The molecule has 3 rings (SSSR count). The third-order valence-corrected chi connectivity index (χ3v) is 7.05. The minimum absolute atomic E-state index is 0.433. The van der Waals surface area contributed by atoms with Crippen LogP contribution in [0.2, 0.25) is 0 Å². The first-order chi connectivity index (χ1) is 10.6. The van der Waals surface area contributed by atoms with E-state index in [9.17, 15) is 8.42 Å². The lowest BCUT2D eigenvalue weighted by atomic mass is 9.89. The Labute approximate surface area is 134 Å². The van der Waals surface area contributed by atoms with Gasteiger partial charge in [-0.15, -0.1) is 0 Å². The first-order valence-corrected chi connectivity index (χ1v) is 9.87. The molecule has 1 unspecified atom stereocenters. The molecule has 1 aromatic rings. The summed E-state index contributed by atoms with van der Waals surface area (Å²) in [4.78, 5) is 0.433. The van der Waals surface area contributed by atoms with Gasteiger partial charge in [0.2, 0.25) is 10.0 Å². The fourth-order valence-corrected chi connectivity index (χ4v) is 5.15. The third-order valence-electron chi connectivity index (χ3n) is 5.14. The molecule has 1 atom stereocenters. The van der Waals surface area contributed by atoms with Crippen molar-refractivity contribution in [2.75, 3.05) is 19.6 Å². The van der Waals surface area contributed by atoms with Crippen molar-refractivity contribution in [2.45, 2.75) is 50.0 Å². The molecule has 0 aliphatic carbocycles. The van der Waals surface area contributed by atoms with E-state index >= 15 is 0 Å². The van der Waals surface area contributed by atoms with Gasteiger partial charge in [-0.2, -0.15) is 4.31 Å². The Balaban J connectivity index is 1.65. The van der Waals surface area contributed by atoms with E-state index in [0.29, 0.717) is 29.9 Å². The van der Waals surface area contributed by atoms with Gasteiger partial charge in [-0.25, -0.2) is 8.42 Å². The number of hydrogen-bond donors (Lipinski definition) is 1. The van der Waals surface area contributed by atoms with E-state index in [2.05, 4.69) is 12.2 Å². The average Bonchev–Trinajstić information content (AvgIpc) is 3.09. The maximum atomic E-state index is 12.7. The Morgan fingerprint density at radius 3 is 2.36 bits per heavy atom. The number of nitrogens with one attached hydrogen (secondary N) is 1. The monoisotopic (exact) mass is 322 g/mol. The maximum Gasteiger partial charge on any atom is 0.243 e. The van der Waals surface area contributed by atoms with E-state index in [0.717, 1.165) is 25.8 Å². The summed E-state index contributed by atoms with van der Waals surface area (Å²) in [6, 6.07) is 7.94. The van der Waals surface area contributed by atoms with Crippen LogP contribution in [0.4, 0.5) is 0 Å². The van der Waals surface area contributed by atoms with Crippen LogP contribution in [0, 0.1) is 5.92 Å². The number of piperidine rings is 1. The SMILES string of the molecule is CCc1ccc(S(=O)(=O)N2CCC(C3CCCN3)CC2)cc1. The maximum absolute atomic E-state index is 12.7. The van der Waals surface area contributed by atoms with Crippen LogP contribution < -0.4 is 5.32 Å². The second kappa shape index (κ2) is 6.69. The van der Waals surface area contributed by atoms with Gasteiger partial charge in [0.15, 0.2) is 0 Å². The molecule has 1 N–H and O–H groups in total. The van der Waals surface area contributed by atoms with Gasteiger partial charge in [0.1, 0.15) is 0 Å². The summed E-state index contributed by atoms with van der Waals surface area (Å²) < 4.78 is 27.1. The molecule has 2 heterocycles. The van der Waals surface area contributed by atoms with Crippen molar-refractivity contribution >= 4 is 10.0 Å². The Morgan fingerprint density at radius 2 is 1.82 bits per heavy atom. The molecule has 0 radical (unpaired) electrons. The molecule has 0 bridgehead atoms. The first kappa shape index (κ1) is 16.0. The third kappa shape index (κ3) is 3.21. The zero-order valence-corrected chi connectivity index (χ0v) is 14.1. The molecule has 1 aromatic carbocycles. The number of hydrogen-bond acceptors (Lipinski definition) is 3. The molecule has 2 aliphatic heterocycles. The lowest BCUT2D eigenvalue weighted by Crippen LogP contribution is -2.43. The van der Waals surface area contributed by atoms with E-state index < -0.39 is 10.0 Å². The molecule has 4 nitrogen and oxygen atoms in total. The van der Waals surface area contributed by atoms with Crippen molar-refractivity contribution in [2.24, 2.45) is 5.92 Å². The summed E-state index contributed by atoms with van der Waals surface area (Å²) in [5.41, 5.74) is 1.17. The zero-order valence-electron chi connectivity index (χ0n) is 13.3. The number of benzene rings is 1. The molecule has 2 aliphatic rings. The van der Waals surface area contributed by atoms with Crippen LogP contribution in [0.15, 0.2) is 29.2 Å². The minimum Gasteiger partial charge on any atom is -0.314 e. The van der Waals surface area contributed by atoms with Crippen molar-refractivity contribution in [3.8, 4) is 0 Å². The predicted octanol–water partition coefficient (Wildman–Crippen LogP) is 2.40. The van der Waals surface area contributed by atoms with E-state index in [-0.39, 0.29) is 0 Å². The zero-order chi connectivity index (χ0) is 15.6. The van der Waals surface area contributed by atoms with Gasteiger partial charge in [-0.05, 0) is 62.3 Å². The molecule has 0 amide bonds. The van der Waals surface area contributed by atoms with Crippen LogP contribution >= 0.6 is 0 Å². The van der Waals surface area contributed by atoms with Crippen LogP contribution in [0.3, 0.4) is 0 Å². The molecule has 5 heteroatoms. The van der Waals surface area contributed by atoms with Gasteiger partial charge in [0.05, 0.1) is 4.90 Å². The molecule has 2 fully saturated rings. The van der Waals surface area contributed by atoms with E-state index in [4.69, 9.17) is 0 Å². The fourth-order valence-electron chi connectivity index (χ4n) is 3.68. The smallest absolute Gasteiger partial charge is 0.243 e. The quantitative estimate of drug-likeness (QED) is 0.926. The molecule has 0 aromatic heterocycles. The molecule has 22 heavy (non-hydrogen) atoms. The number of rotatable bonds is 4. The van der Waals surface area contributed by atoms with Crippen molar-refractivity contribution in [1.29, 1.82) is 0 Å². The standard InChI is InChI=1S/C17H26N2O2S/c1-2-14-5-7-16(8-6-14)22(20,21)19-12-9-15(10-13-19)17-4-3-11-18-17/h5-8,15,17-18H,2-4,9-13H2,1H3. The van der Waals surface area contributed by atoms with Crippen molar-refractivity contribution in [3.63, 3.8) is 0 Å². The fraction of sp³-hybridized carbons (Fsp3) is 0.647. The Morgan fingerprint density at radius 1 is 1.14 bits per heavy atom. The van der Waals surface area contributed by atoms with Gasteiger partial charge in [-0.3, -0.25) is 0 Å². The topological polar surface area (TPSA) is 49.4 Å². The highest BCUT2D eigenvalue weighted by molar-refractivity contribution is 7.89. The second-order valence-corrected chi connectivity index (χ2v) is 8.38. The second-order valence-electron chi connectivity index (χ2n) is 6.44. The van der Waals surface area contributed by atoms with Crippen LogP contribution in [0.1, 0.15) is 38.2 Å². The minimum atomic E-state index is -3.32. The Hall–Kier alpha value is -0.910. The summed E-state index contributed by atoms with van der Waals surface area (Å²) in [6.45, 7) is 4.50. The lowest BCUT2D eigenvalue weighted by molar-refractivity contribution is 0.234. The largest absolute Gasteiger partial charge is 0.314 e. The number of nitrogens with zero attached hydrogens (tertiary/aromatic N) is 1. The van der Waals surface area contributed by atoms with Crippen LogP contribution in [-0.2, 0) is 16.4 Å². The highest BCUT2D eigenvalue weighted by Crippen LogP contribution is 2.28. The van der Waals surface area contributed by atoms with Gasteiger partial charge in [-0.1, -0.05) is 19.1 Å². The van der Waals surface area contributed by atoms with Crippen LogP contribution in [-0.4, -0.2) is 38.4 Å². The number of aryl methyl sites for hydroxylation is 1. The Bertz CT molecular complexity index is 584. The first-order valence-electron chi connectivity index (χ1n) is 8.43. The lowest BCUT2D eigenvalue weighted by Gasteiger charge is -2.34. The summed E-state index contributed by atoms with van der Waals surface area (Å²) in [7, 11) is -3.32. The predicted molar refractivity (Wildman–Crippen MR) is 88.3 cm³/mol. The highest BCUT2D eigenvalue weighted by Gasteiger charge is 2.33. The van der Waals surface area contributed by atoms with Gasteiger partial charge >= 0.3 is 0 Å². The van der Waals surface area contributed by atoms with Crippen molar-refractivity contribution in [3.05, 3.63) is 29.8 Å².